The highest BCUT2D eigenvalue weighted by Crippen LogP contribution is 2.53. The van der Waals surface area contributed by atoms with Crippen LogP contribution in [0.5, 0.6) is 5.75 Å². The zero-order valence-corrected chi connectivity index (χ0v) is 15.7. The highest BCUT2D eigenvalue weighted by molar-refractivity contribution is 6.05. The number of hydrogen-bond donors (Lipinski definition) is 2. The fourth-order valence-corrected chi connectivity index (χ4v) is 2.86. The Hall–Kier alpha value is -3.38. The molecular formula is C18H13F7N2O4. The first-order valence-electron chi connectivity index (χ1n) is 8.23. The molecule has 0 aliphatic carbocycles. The second kappa shape index (κ2) is 7.71. The van der Waals surface area contributed by atoms with Gasteiger partial charge in [0.2, 0.25) is 0 Å². The first-order valence-corrected chi connectivity index (χ1v) is 8.23. The Balaban J connectivity index is 2.51. The molecule has 0 heterocycles. The van der Waals surface area contributed by atoms with Gasteiger partial charge < -0.3 is 10.4 Å². The van der Waals surface area contributed by atoms with Crippen LogP contribution in [0.15, 0.2) is 30.3 Å². The molecule has 0 atom stereocenters. The summed E-state index contributed by atoms with van der Waals surface area (Å²) in [4.78, 5) is 22.3. The summed E-state index contributed by atoms with van der Waals surface area (Å²) in [6.07, 6.45) is -12.6. The van der Waals surface area contributed by atoms with Gasteiger partial charge in [-0.25, -0.2) is 4.39 Å². The first-order chi connectivity index (χ1) is 14.0. The number of phenols is 1. The van der Waals surface area contributed by atoms with Gasteiger partial charge in [-0.05, 0) is 31.0 Å². The third kappa shape index (κ3) is 4.39. The molecule has 0 saturated carbocycles. The molecule has 6 nitrogen and oxygen atoms in total. The molecule has 2 N–H and O–H groups in total. The number of rotatable bonds is 4. The van der Waals surface area contributed by atoms with E-state index < -0.39 is 51.4 Å². The lowest BCUT2D eigenvalue weighted by atomic mass is 9.90. The van der Waals surface area contributed by atoms with E-state index in [-0.39, 0.29) is 16.8 Å². The third-order valence-electron chi connectivity index (χ3n) is 4.33. The average molecular weight is 454 g/mol. The molecular weight excluding hydrogens is 441 g/mol. The molecule has 31 heavy (non-hydrogen) atoms. The number of nitro benzene ring substituents is 1. The predicted octanol–water partition coefficient (Wildman–Crippen LogP) is 5.46. The number of nitrogens with one attached hydrogen (secondary N) is 1. The lowest BCUT2D eigenvalue weighted by molar-refractivity contribution is -0.385. The summed E-state index contributed by atoms with van der Waals surface area (Å²) >= 11 is 0. The van der Waals surface area contributed by atoms with Gasteiger partial charge in [-0.15, -0.1) is 0 Å². The van der Waals surface area contributed by atoms with Gasteiger partial charge in [0.05, 0.1) is 16.6 Å². The van der Waals surface area contributed by atoms with Crippen LogP contribution < -0.4 is 5.32 Å². The minimum atomic E-state index is -6.30. The lowest BCUT2D eigenvalue weighted by Gasteiger charge is -2.31. The van der Waals surface area contributed by atoms with Gasteiger partial charge in [0.15, 0.2) is 0 Å². The van der Waals surface area contributed by atoms with Crippen molar-refractivity contribution in [2.24, 2.45) is 0 Å². The second-order valence-electron chi connectivity index (χ2n) is 6.59. The molecule has 0 saturated heterocycles. The molecule has 0 aliphatic heterocycles. The molecule has 0 unspecified atom stereocenters. The lowest BCUT2D eigenvalue weighted by Crippen LogP contribution is -2.50. The van der Waals surface area contributed by atoms with E-state index in [2.05, 4.69) is 5.32 Å². The van der Waals surface area contributed by atoms with Crippen molar-refractivity contribution in [1.82, 2.24) is 0 Å². The van der Waals surface area contributed by atoms with Crippen molar-refractivity contribution >= 4 is 17.3 Å². The minimum absolute atomic E-state index is 0.230. The van der Waals surface area contributed by atoms with Crippen molar-refractivity contribution in [2.45, 2.75) is 31.9 Å². The van der Waals surface area contributed by atoms with Gasteiger partial charge in [-0.3, -0.25) is 14.9 Å². The Bertz CT molecular complexity index is 1010. The van der Waals surface area contributed by atoms with Crippen LogP contribution in [0.3, 0.4) is 0 Å². The Morgan fingerprint density at radius 2 is 1.42 bits per heavy atom. The summed E-state index contributed by atoms with van der Waals surface area (Å²) in [6.45, 7) is 2.09. The first kappa shape index (κ1) is 23.9. The Kier molecular flexibility index (Phi) is 5.94. The summed E-state index contributed by atoms with van der Waals surface area (Å²) < 4.78 is 92.2. The average Bonchev–Trinajstić information content (AvgIpc) is 2.61. The zero-order chi connectivity index (χ0) is 23.9. The fraction of sp³-hybridized carbons (Fsp3) is 0.278. The van der Waals surface area contributed by atoms with Crippen LogP contribution in [0.1, 0.15) is 27.0 Å². The summed E-state index contributed by atoms with van der Waals surface area (Å²) in [5, 5.41) is 22.5. The van der Waals surface area contributed by atoms with E-state index in [4.69, 9.17) is 0 Å². The van der Waals surface area contributed by atoms with Crippen molar-refractivity contribution in [2.75, 3.05) is 5.32 Å². The maximum atomic E-state index is 14.3. The number of halogens is 7. The monoisotopic (exact) mass is 454 g/mol. The number of carbonyl (C=O) groups excluding carboxylic acids is 1. The number of non-ortho nitro benzene ring substituents is 1. The molecule has 0 aromatic heterocycles. The van der Waals surface area contributed by atoms with Crippen molar-refractivity contribution < 1.29 is 45.6 Å². The van der Waals surface area contributed by atoms with Crippen molar-refractivity contribution in [3.63, 3.8) is 0 Å². The smallest absolute Gasteiger partial charge is 0.435 e. The van der Waals surface area contributed by atoms with Gasteiger partial charge in [0.25, 0.3) is 11.6 Å². The third-order valence-corrected chi connectivity index (χ3v) is 4.33. The van der Waals surface area contributed by atoms with Crippen molar-refractivity contribution in [1.29, 1.82) is 0 Å². The van der Waals surface area contributed by atoms with Crippen LogP contribution in [0, 0.1) is 24.0 Å². The molecule has 2 rings (SSSR count). The van der Waals surface area contributed by atoms with Crippen LogP contribution in [0.2, 0.25) is 0 Å². The number of phenolic OH excluding ortho intramolecular Hbond substituents is 1. The highest BCUT2D eigenvalue weighted by atomic mass is 19.4. The molecule has 13 heteroatoms. The maximum absolute atomic E-state index is 14.3. The fourth-order valence-electron chi connectivity index (χ4n) is 2.86. The summed E-state index contributed by atoms with van der Waals surface area (Å²) in [7, 11) is 0. The molecule has 2 aromatic carbocycles. The number of amides is 1. The summed E-state index contributed by atoms with van der Waals surface area (Å²) in [5.74, 6) is -1.67. The topological polar surface area (TPSA) is 92.5 Å². The van der Waals surface area contributed by atoms with E-state index in [0.717, 1.165) is 32.0 Å². The van der Waals surface area contributed by atoms with Gasteiger partial charge >= 0.3 is 18.0 Å². The second-order valence-corrected chi connectivity index (χ2v) is 6.59. The number of carbonyl (C=O) groups is 1. The quantitative estimate of drug-likeness (QED) is 0.365. The Morgan fingerprint density at radius 3 is 1.84 bits per heavy atom. The molecule has 168 valence electrons. The number of aryl methyl sites for hydroxylation is 2. The SMILES string of the molecule is Cc1cc(C(F)(C(F)(F)F)C(F)(F)F)cc(C)c1NC(=O)c1cc(O)cc([N+](=O)[O-])c1. The molecule has 0 fully saturated rings. The highest BCUT2D eigenvalue weighted by Gasteiger charge is 2.73. The van der Waals surface area contributed by atoms with Gasteiger partial charge in [-0.2, -0.15) is 26.3 Å². The molecule has 0 aliphatic rings. The predicted molar refractivity (Wildman–Crippen MR) is 93.5 cm³/mol. The van der Waals surface area contributed by atoms with E-state index in [1.54, 1.807) is 0 Å². The van der Waals surface area contributed by atoms with Crippen LogP contribution in [-0.2, 0) is 5.67 Å². The standard InChI is InChI=1S/C18H13F7N2O4/c1-8-3-11(16(19,17(20,21)22)18(23,24)25)4-9(2)14(8)26-15(29)10-5-12(27(30)31)7-13(28)6-10/h3-7,28H,1-2H3,(H,26,29). The van der Waals surface area contributed by atoms with E-state index in [1.165, 1.54) is 0 Å². The largest absolute Gasteiger partial charge is 0.508 e. The van der Waals surface area contributed by atoms with E-state index >= 15 is 0 Å². The van der Waals surface area contributed by atoms with Gasteiger partial charge in [0.1, 0.15) is 5.75 Å². The van der Waals surface area contributed by atoms with Crippen LogP contribution >= 0.6 is 0 Å². The normalized spacial score (nSPS) is 12.5. The van der Waals surface area contributed by atoms with E-state index in [0.29, 0.717) is 12.1 Å². The molecule has 1 amide bonds. The number of hydrogen-bond acceptors (Lipinski definition) is 4. The molecule has 0 radical (unpaired) electrons. The molecule has 0 bridgehead atoms. The maximum Gasteiger partial charge on any atom is 0.435 e. The van der Waals surface area contributed by atoms with Crippen molar-refractivity contribution in [3.8, 4) is 5.75 Å². The number of benzene rings is 2. The minimum Gasteiger partial charge on any atom is -0.508 e. The number of nitro groups is 1. The Labute approximate surface area is 169 Å². The number of anilines is 1. The van der Waals surface area contributed by atoms with Crippen LogP contribution in [0.25, 0.3) is 0 Å². The van der Waals surface area contributed by atoms with Crippen LogP contribution in [0.4, 0.5) is 42.1 Å². The van der Waals surface area contributed by atoms with Gasteiger partial charge in [-0.1, -0.05) is 12.1 Å². The molecule has 2 aromatic rings. The van der Waals surface area contributed by atoms with Crippen LogP contribution in [-0.4, -0.2) is 28.3 Å². The number of nitrogens with zero attached hydrogens (tertiary/aromatic N) is 1. The summed E-state index contributed by atoms with van der Waals surface area (Å²) in [6, 6.07) is 3.02. The van der Waals surface area contributed by atoms with E-state index in [1.807, 2.05) is 0 Å². The molecule has 0 spiro atoms. The summed E-state index contributed by atoms with van der Waals surface area (Å²) in [5.41, 5.74) is -9.27. The van der Waals surface area contributed by atoms with E-state index in [9.17, 15) is 50.7 Å². The zero-order valence-electron chi connectivity index (χ0n) is 15.7. The van der Waals surface area contributed by atoms with Gasteiger partial charge in [0, 0.05) is 17.3 Å². The Morgan fingerprint density at radius 1 is 0.935 bits per heavy atom. The number of aromatic hydroxyl groups is 1. The van der Waals surface area contributed by atoms with Crippen molar-refractivity contribution in [3.05, 3.63) is 62.7 Å². The number of alkyl halides is 7.